The van der Waals surface area contributed by atoms with Crippen molar-refractivity contribution in [3.63, 3.8) is 0 Å². The monoisotopic (exact) mass is 464 g/mol. The van der Waals surface area contributed by atoms with Gasteiger partial charge in [0.1, 0.15) is 0 Å². The summed E-state index contributed by atoms with van der Waals surface area (Å²) in [5, 5.41) is 10.1. The van der Waals surface area contributed by atoms with Gasteiger partial charge < -0.3 is 5.11 Å². The molecule has 0 spiro atoms. The quantitative estimate of drug-likeness (QED) is 0.455. The van der Waals surface area contributed by atoms with Gasteiger partial charge in [0.15, 0.2) is 6.23 Å². The van der Waals surface area contributed by atoms with Crippen LogP contribution in [0.5, 0.6) is 0 Å². The molecule has 2 aliphatic rings. The van der Waals surface area contributed by atoms with Gasteiger partial charge in [0.25, 0.3) is 17.7 Å². The number of hydrogen-bond donors (Lipinski definition) is 1. The van der Waals surface area contributed by atoms with E-state index in [4.69, 9.17) is 0 Å². The highest BCUT2D eigenvalue weighted by atomic mass is 16.3. The number of nitrogens with zero attached hydrogens (tertiary/aromatic N) is 2. The highest BCUT2D eigenvalue weighted by molar-refractivity contribution is 6.28. The van der Waals surface area contributed by atoms with E-state index in [2.05, 4.69) is 32.0 Å². The lowest BCUT2D eigenvalue weighted by atomic mass is 9.82. The predicted molar refractivity (Wildman–Crippen MR) is 134 cm³/mol. The lowest BCUT2D eigenvalue weighted by molar-refractivity contribution is -0.120. The molecular weight excluding hydrogens is 440 g/mol. The highest BCUT2D eigenvalue weighted by Crippen LogP contribution is 2.36. The summed E-state index contributed by atoms with van der Waals surface area (Å²) in [6, 6.07) is 21.4. The third kappa shape index (κ3) is 4.09. The number of rotatable bonds is 5. The van der Waals surface area contributed by atoms with Gasteiger partial charge in [-0.1, -0.05) is 48.0 Å². The molecule has 6 heteroatoms. The Bertz CT molecular complexity index is 1370. The van der Waals surface area contributed by atoms with E-state index < -0.39 is 6.23 Å². The van der Waals surface area contributed by atoms with Gasteiger partial charge in [0.2, 0.25) is 0 Å². The zero-order chi connectivity index (χ0) is 24.7. The molecule has 5 rings (SSSR count). The van der Waals surface area contributed by atoms with Gasteiger partial charge >= 0.3 is 0 Å². The Morgan fingerprint density at radius 2 is 1.29 bits per heavy atom. The Kier molecular flexibility index (Phi) is 5.67. The van der Waals surface area contributed by atoms with Crippen molar-refractivity contribution in [2.24, 2.45) is 0 Å². The largest absolute Gasteiger partial charge is 0.369 e. The van der Waals surface area contributed by atoms with Crippen molar-refractivity contribution in [1.82, 2.24) is 0 Å². The molecule has 0 fully saturated rings. The van der Waals surface area contributed by atoms with Crippen molar-refractivity contribution in [2.75, 3.05) is 9.80 Å². The Morgan fingerprint density at radius 1 is 0.714 bits per heavy atom. The van der Waals surface area contributed by atoms with Gasteiger partial charge in [-0.05, 0) is 66.4 Å². The van der Waals surface area contributed by atoms with Crippen LogP contribution < -0.4 is 9.80 Å². The molecule has 3 aromatic carbocycles. The fourth-order valence-electron chi connectivity index (χ4n) is 4.74. The molecule has 2 atom stereocenters. The summed E-state index contributed by atoms with van der Waals surface area (Å²) in [6.45, 7) is 4.14. The van der Waals surface area contributed by atoms with E-state index in [0.717, 1.165) is 27.2 Å². The second kappa shape index (κ2) is 8.81. The van der Waals surface area contributed by atoms with E-state index in [1.54, 1.807) is 12.1 Å². The molecule has 2 heterocycles. The van der Waals surface area contributed by atoms with E-state index in [0.29, 0.717) is 11.4 Å². The number of hydrogen-bond acceptors (Lipinski definition) is 4. The number of aliphatic hydroxyl groups is 1. The maximum Gasteiger partial charge on any atom is 0.258 e. The van der Waals surface area contributed by atoms with Crippen molar-refractivity contribution in [1.29, 1.82) is 0 Å². The molecule has 6 nitrogen and oxygen atoms in total. The standard InChI is InChI=1S/C29H24N2O4/c1-18-3-12-24(19(2)17-18)29(20-4-8-22(9-5-20)30-25(32)13-14-26(30)33)21-6-10-23(11-7-21)31-27(34)15-16-28(31)35/h3-17,25,29,32H,1-2H3. The smallest absolute Gasteiger partial charge is 0.258 e. The average Bonchev–Trinajstić information content (AvgIpc) is 3.36. The van der Waals surface area contributed by atoms with Crippen LogP contribution in [0, 0.1) is 13.8 Å². The zero-order valence-corrected chi connectivity index (χ0v) is 19.4. The lowest BCUT2D eigenvalue weighted by Crippen LogP contribution is -2.33. The molecule has 1 N–H and O–H groups in total. The summed E-state index contributed by atoms with van der Waals surface area (Å²) in [4.78, 5) is 38.8. The van der Waals surface area contributed by atoms with Gasteiger partial charge in [-0.2, -0.15) is 0 Å². The molecule has 3 aromatic rings. The number of aliphatic hydroxyl groups excluding tert-OH is 1. The molecule has 174 valence electrons. The number of benzene rings is 3. The van der Waals surface area contributed by atoms with Gasteiger partial charge in [-0.15, -0.1) is 0 Å². The van der Waals surface area contributed by atoms with Crippen molar-refractivity contribution in [3.05, 3.63) is 119 Å². The van der Waals surface area contributed by atoms with Gasteiger partial charge in [-0.25, -0.2) is 4.90 Å². The predicted octanol–water partition coefficient (Wildman–Crippen LogP) is 4.13. The SMILES string of the molecule is Cc1ccc(C(c2ccc(N3C(=O)C=CC3=O)cc2)c2ccc(N3C(=O)C=CC3O)cc2)c(C)c1. The second-order valence-corrected chi connectivity index (χ2v) is 8.80. The molecule has 0 bridgehead atoms. The van der Waals surface area contributed by atoms with Crippen molar-refractivity contribution in [3.8, 4) is 0 Å². The highest BCUT2D eigenvalue weighted by Gasteiger charge is 2.27. The minimum Gasteiger partial charge on any atom is -0.369 e. The first kappa shape index (κ1) is 22.5. The van der Waals surface area contributed by atoms with Crippen molar-refractivity contribution < 1.29 is 19.5 Å². The van der Waals surface area contributed by atoms with Crippen LogP contribution in [0.2, 0.25) is 0 Å². The number of aryl methyl sites for hydroxylation is 2. The molecule has 2 aliphatic heterocycles. The first-order chi connectivity index (χ1) is 16.8. The number of amides is 3. The van der Waals surface area contributed by atoms with Crippen LogP contribution in [0.15, 0.2) is 91.0 Å². The number of anilines is 2. The Labute approximate surface area is 203 Å². The number of carbonyl (C=O) groups is 3. The maximum absolute atomic E-state index is 12.1. The second-order valence-electron chi connectivity index (χ2n) is 8.80. The first-order valence-corrected chi connectivity index (χ1v) is 11.4. The molecule has 0 saturated carbocycles. The summed E-state index contributed by atoms with van der Waals surface area (Å²) < 4.78 is 0. The van der Waals surface area contributed by atoms with Crippen LogP contribution in [0.25, 0.3) is 0 Å². The minimum absolute atomic E-state index is 0.112. The lowest BCUT2D eigenvalue weighted by Gasteiger charge is -2.24. The molecule has 2 unspecified atom stereocenters. The fraction of sp³-hybridized carbons (Fsp3) is 0.138. The third-order valence-corrected chi connectivity index (χ3v) is 6.45. The van der Waals surface area contributed by atoms with E-state index >= 15 is 0 Å². The number of imide groups is 1. The molecule has 3 amide bonds. The molecule has 0 saturated heterocycles. The minimum atomic E-state index is -0.971. The summed E-state index contributed by atoms with van der Waals surface area (Å²) in [7, 11) is 0. The third-order valence-electron chi connectivity index (χ3n) is 6.45. The van der Waals surface area contributed by atoms with Crippen LogP contribution in [0.3, 0.4) is 0 Å². The van der Waals surface area contributed by atoms with Crippen LogP contribution in [0.1, 0.15) is 33.7 Å². The van der Waals surface area contributed by atoms with Gasteiger partial charge in [0.05, 0.1) is 5.69 Å². The zero-order valence-electron chi connectivity index (χ0n) is 19.4. The molecule has 0 aromatic heterocycles. The fourth-order valence-corrected chi connectivity index (χ4v) is 4.74. The first-order valence-electron chi connectivity index (χ1n) is 11.4. The summed E-state index contributed by atoms with van der Waals surface area (Å²) in [5.74, 6) is -1.07. The molecule has 0 radical (unpaired) electrons. The van der Waals surface area contributed by atoms with Crippen molar-refractivity contribution >= 4 is 29.1 Å². The Balaban J connectivity index is 1.54. The Hall–Kier alpha value is -4.29. The van der Waals surface area contributed by atoms with E-state index in [1.807, 2.05) is 36.4 Å². The van der Waals surface area contributed by atoms with Gasteiger partial charge in [-0.3, -0.25) is 19.3 Å². The van der Waals surface area contributed by atoms with E-state index in [1.165, 1.54) is 34.8 Å². The van der Waals surface area contributed by atoms with Crippen LogP contribution in [-0.2, 0) is 14.4 Å². The summed E-state index contributed by atoms with van der Waals surface area (Å²) >= 11 is 0. The summed E-state index contributed by atoms with van der Waals surface area (Å²) in [6.07, 6.45) is 4.40. The molecular formula is C29H24N2O4. The van der Waals surface area contributed by atoms with E-state index in [9.17, 15) is 19.5 Å². The molecule has 0 aliphatic carbocycles. The maximum atomic E-state index is 12.1. The Morgan fingerprint density at radius 3 is 1.80 bits per heavy atom. The van der Waals surface area contributed by atoms with E-state index in [-0.39, 0.29) is 23.6 Å². The molecule has 35 heavy (non-hydrogen) atoms. The summed E-state index contributed by atoms with van der Waals surface area (Å²) in [5.41, 5.74) is 6.60. The van der Waals surface area contributed by atoms with Crippen LogP contribution in [-0.4, -0.2) is 29.1 Å². The van der Waals surface area contributed by atoms with Crippen LogP contribution in [0.4, 0.5) is 11.4 Å². The number of carbonyl (C=O) groups excluding carboxylic acids is 3. The van der Waals surface area contributed by atoms with Crippen LogP contribution >= 0.6 is 0 Å². The van der Waals surface area contributed by atoms with Gasteiger partial charge in [0, 0.05) is 29.8 Å². The average molecular weight is 465 g/mol. The van der Waals surface area contributed by atoms with Crippen molar-refractivity contribution in [2.45, 2.75) is 26.0 Å². The normalized spacial score (nSPS) is 18.1. The topological polar surface area (TPSA) is 77.9 Å².